The molecule has 2 heteroatoms. The van der Waals surface area contributed by atoms with E-state index < -0.39 is 0 Å². The third-order valence-corrected chi connectivity index (χ3v) is 4.70. The Hall–Kier alpha value is -0.0800. The summed E-state index contributed by atoms with van der Waals surface area (Å²) in [6.45, 7) is 22.7. The molecule has 1 saturated heterocycles. The van der Waals surface area contributed by atoms with Gasteiger partial charge >= 0.3 is 0 Å². The van der Waals surface area contributed by atoms with Gasteiger partial charge in [-0.2, -0.15) is 0 Å². The molecule has 1 rings (SSSR count). The van der Waals surface area contributed by atoms with Gasteiger partial charge in [-0.25, -0.2) is 0 Å². The van der Waals surface area contributed by atoms with Gasteiger partial charge < -0.3 is 0 Å². The SMILES string of the molecule is CCC(C)N1CCCN(C(C)(C)C)[C@H](C(C)(C)C)C1. The zero-order valence-electron chi connectivity index (χ0n) is 14.6. The maximum absolute atomic E-state index is 2.75. The molecule has 114 valence electrons. The molecule has 0 aliphatic carbocycles. The first-order valence-electron chi connectivity index (χ1n) is 8.08. The van der Waals surface area contributed by atoms with Crippen molar-refractivity contribution in [3.05, 3.63) is 0 Å². The van der Waals surface area contributed by atoms with E-state index in [0.29, 0.717) is 17.5 Å². The highest BCUT2D eigenvalue weighted by molar-refractivity contribution is 4.94. The van der Waals surface area contributed by atoms with Crippen molar-refractivity contribution in [3.8, 4) is 0 Å². The molecular formula is C17H36N2. The Labute approximate surface area is 121 Å². The summed E-state index contributed by atoms with van der Waals surface area (Å²) in [7, 11) is 0. The van der Waals surface area contributed by atoms with Crippen molar-refractivity contribution < 1.29 is 0 Å². The average Bonchev–Trinajstić information content (AvgIpc) is 2.48. The van der Waals surface area contributed by atoms with Crippen LogP contribution in [0.25, 0.3) is 0 Å². The van der Waals surface area contributed by atoms with E-state index in [0.717, 1.165) is 0 Å². The number of nitrogens with zero attached hydrogens (tertiary/aromatic N) is 2. The second kappa shape index (κ2) is 6.13. The highest BCUT2D eigenvalue weighted by Gasteiger charge is 2.39. The third kappa shape index (κ3) is 4.46. The fourth-order valence-corrected chi connectivity index (χ4v) is 3.21. The summed E-state index contributed by atoms with van der Waals surface area (Å²) in [4.78, 5) is 5.46. The van der Waals surface area contributed by atoms with Gasteiger partial charge in [0.1, 0.15) is 0 Å². The predicted octanol–water partition coefficient (Wildman–Crippen LogP) is 4.01. The van der Waals surface area contributed by atoms with Crippen molar-refractivity contribution in [2.75, 3.05) is 19.6 Å². The molecule has 1 fully saturated rings. The minimum absolute atomic E-state index is 0.267. The Morgan fingerprint density at radius 1 is 1.05 bits per heavy atom. The van der Waals surface area contributed by atoms with Crippen LogP contribution in [0.5, 0.6) is 0 Å². The summed E-state index contributed by atoms with van der Waals surface area (Å²) in [5.74, 6) is 0. The minimum atomic E-state index is 0.267. The van der Waals surface area contributed by atoms with Crippen LogP contribution in [0.1, 0.15) is 68.2 Å². The summed E-state index contributed by atoms with van der Waals surface area (Å²) in [6, 6.07) is 1.36. The summed E-state index contributed by atoms with van der Waals surface area (Å²) in [6.07, 6.45) is 2.56. The Balaban J connectivity index is 2.97. The van der Waals surface area contributed by atoms with Gasteiger partial charge in [-0.15, -0.1) is 0 Å². The fraction of sp³-hybridized carbons (Fsp3) is 1.00. The van der Waals surface area contributed by atoms with Crippen molar-refractivity contribution >= 4 is 0 Å². The van der Waals surface area contributed by atoms with Crippen molar-refractivity contribution in [1.29, 1.82) is 0 Å². The van der Waals surface area contributed by atoms with E-state index in [1.54, 1.807) is 0 Å². The Morgan fingerprint density at radius 3 is 2.05 bits per heavy atom. The first-order chi connectivity index (χ1) is 8.57. The molecule has 19 heavy (non-hydrogen) atoms. The number of hydrogen-bond acceptors (Lipinski definition) is 2. The number of rotatable bonds is 2. The molecular weight excluding hydrogens is 232 g/mol. The Bertz CT molecular complexity index is 272. The van der Waals surface area contributed by atoms with Crippen LogP contribution in [0.2, 0.25) is 0 Å². The lowest BCUT2D eigenvalue weighted by molar-refractivity contribution is 0.0152. The average molecular weight is 268 g/mol. The topological polar surface area (TPSA) is 6.48 Å². The molecule has 0 aromatic rings. The van der Waals surface area contributed by atoms with E-state index in [4.69, 9.17) is 0 Å². The Morgan fingerprint density at radius 2 is 1.63 bits per heavy atom. The maximum Gasteiger partial charge on any atom is 0.0276 e. The van der Waals surface area contributed by atoms with Crippen LogP contribution in [0, 0.1) is 5.41 Å². The van der Waals surface area contributed by atoms with Gasteiger partial charge in [0.25, 0.3) is 0 Å². The molecule has 1 aliphatic heterocycles. The van der Waals surface area contributed by atoms with E-state index in [9.17, 15) is 0 Å². The lowest BCUT2D eigenvalue weighted by Crippen LogP contribution is -2.56. The van der Waals surface area contributed by atoms with Crippen LogP contribution in [0.4, 0.5) is 0 Å². The zero-order valence-corrected chi connectivity index (χ0v) is 14.6. The summed E-state index contributed by atoms with van der Waals surface area (Å²) in [5.41, 5.74) is 0.604. The van der Waals surface area contributed by atoms with E-state index in [1.807, 2.05) is 0 Å². The summed E-state index contributed by atoms with van der Waals surface area (Å²) >= 11 is 0. The van der Waals surface area contributed by atoms with Crippen LogP contribution in [-0.4, -0.2) is 47.1 Å². The largest absolute Gasteiger partial charge is 0.299 e. The molecule has 0 amide bonds. The molecule has 1 aliphatic rings. The molecule has 2 atom stereocenters. The van der Waals surface area contributed by atoms with Crippen LogP contribution in [0.15, 0.2) is 0 Å². The van der Waals surface area contributed by atoms with Crippen molar-refractivity contribution in [1.82, 2.24) is 9.80 Å². The van der Waals surface area contributed by atoms with Gasteiger partial charge in [0.15, 0.2) is 0 Å². The lowest BCUT2D eigenvalue weighted by atomic mass is 9.83. The van der Waals surface area contributed by atoms with Crippen molar-refractivity contribution in [2.45, 2.75) is 85.9 Å². The van der Waals surface area contributed by atoms with Crippen LogP contribution in [0.3, 0.4) is 0 Å². The summed E-state index contributed by atoms with van der Waals surface area (Å²) in [5, 5.41) is 0. The molecule has 0 spiro atoms. The van der Waals surface area contributed by atoms with Gasteiger partial charge in [0, 0.05) is 30.7 Å². The fourth-order valence-electron chi connectivity index (χ4n) is 3.21. The van der Waals surface area contributed by atoms with Gasteiger partial charge in [0.05, 0.1) is 0 Å². The molecule has 0 aromatic carbocycles. The Kier molecular flexibility index (Phi) is 5.48. The molecule has 1 heterocycles. The van der Waals surface area contributed by atoms with Crippen LogP contribution < -0.4 is 0 Å². The van der Waals surface area contributed by atoms with Gasteiger partial charge in [-0.1, -0.05) is 27.7 Å². The van der Waals surface area contributed by atoms with Crippen LogP contribution >= 0.6 is 0 Å². The quantitative estimate of drug-likeness (QED) is 0.747. The molecule has 0 radical (unpaired) electrons. The first kappa shape index (κ1) is 17.0. The van der Waals surface area contributed by atoms with E-state index in [1.165, 1.54) is 32.5 Å². The minimum Gasteiger partial charge on any atom is -0.299 e. The molecule has 0 bridgehead atoms. The highest BCUT2D eigenvalue weighted by Crippen LogP contribution is 2.32. The van der Waals surface area contributed by atoms with Gasteiger partial charge in [-0.05, 0) is 52.5 Å². The number of hydrogen-bond donors (Lipinski definition) is 0. The highest BCUT2D eigenvalue weighted by atomic mass is 15.3. The molecule has 0 N–H and O–H groups in total. The second-order valence-corrected chi connectivity index (χ2v) is 8.35. The van der Waals surface area contributed by atoms with Gasteiger partial charge in [0.2, 0.25) is 0 Å². The monoisotopic (exact) mass is 268 g/mol. The normalized spacial score (nSPS) is 26.2. The van der Waals surface area contributed by atoms with E-state index >= 15 is 0 Å². The molecule has 2 nitrogen and oxygen atoms in total. The maximum atomic E-state index is 2.75. The van der Waals surface area contributed by atoms with Crippen molar-refractivity contribution in [3.63, 3.8) is 0 Å². The summed E-state index contributed by atoms with van der Waals surface area (Å²) < 4.78 is 0. The predicted molar refractivity (Wildman–Crippen MR) is 85.6 cm³/mol. The third-order valence-electron chi connectivity index (χ3n) is 4.70. The van der Waals surface area contributed by atoms with E-state index in [-0.39, 0.29) is 5.54 Å². The first-order valence-corrected chi connectivity index (χ1v) is 8.08. The molecule has 0 aromatic heterocycles. The zero-order chi connectivity index (χ0) is 14.8. The molecule has 1 unspecified atom stereocenters. The van der Waals surface area contributed by atoms with E-state index in [2.05, 4.69) is 65.2 Å². The lowest BCUT2D eigenvalue weighted by Gasteiger charge is -2.47. The van der Waals surface area contributed by atoms with Crippen LogP contribution in [-0.2, 0) is 0 Å². The standard InChI is InChI=1S/C17H36N2/c1-9-14(2)18-11-10-12-19(17(6,7)8)15(13-18)16(3,4)5/h14-15H,9-13H2,1-8H3/t14?,15-/m0/s1. The second-order valence-electron chi connectivity index (χ2n) is 8.35. The smallest absolute Gasteiger partial charge is 0.0276 e. The molecule has 0 saturated carbocycles. The van der Waals surface area contributed by atoms with Gasteiger partial charge in [-0.3, -0.25) is 9.80 Å². The van der Waals surface area contributed by atoms with Crippen molar-refractivity contribution in [2.24, 2.45) is 5.41 Å².